The van der Waals surface area contributed by atoms with Crippen LogP contribution in [0.5, 0.6) is 0 Å². The Morgan fingerprint density at radius 2 is 1.29 bits per heavy atom. The second-order valence-corrected chi connectivity index (χ2v) is 16.5. The Labute approximate surface area is 306 Å². The first-order chi connectivity index (χ1) is 24.6. The SMILES string of the molecule is CC(C)c1cccc(C(C)C)c1-c1ccnc(-n2c3ccccc3c3ccc(Sc4cccc(N5CN(C(C)(C)C)c6ccccc65)c4)cc32)c1. The molecule has 256 valence electrons. The standard InChI is InChI=1S/C46H46N4S/c1-30(2)36-17-13-18-37(31(3)4)45(36)32-24-25-47-44(26-32)50-40-19-9-8-16-38(40)39-23-22-35(28-43(39)50)51-34-15-12-14-33(27-34)48-29-49(46(5,6)7)42-21-11-10-20-41(42)48/h8-28,30-31H,29H2,1-7H3. The third kappa shape index (κ3) is 5.98. The van der Waals surface area contributed by atoms with Gasteiger partial charge in [-0.3, -0.25) is 4.57 Å². The van der Waals surface area contributed by atoms with Gasteiger partial charge in [-0.15, -0.1) is 0 Å². The fourth-order valence-electron chi connectivity index (χ4n) is 7.70. The molecule has 0 aliphatic carbocycles. The van der Waals surface area contributed by atoms with Crippen molar-refractivity contribution in [3.8, 4) is 16.9 Å². The summed E-state index contributed by atoms with van der Waals surface area (Å²) in [5, 5.41) is 2.47. The van der Waals surface area contributed by atoms with Crippen molar-refractivity contribution in [3.63, 3.8) is 0 Å². The Morgan fingerprint density at radius 1 is 0.627 bits per heavy atom. The number of rotatable bonds is 7. The smallest absolute Gasteiger partial charge is 0.138 e. The summed E-state index contributed by atoms with van der Waals surface area (Å²) in [6.07, 6.45) is 1.98. The van der Waals surface area contributed by atoms with Gasteiger partial charge in [0.25, 0.3) is 0 Å². The van der Waals surface area contributed by atoms with E-state index in [0.717, 1.165) is 18.0 Å². The maximum absolute atomic E-state index is 5.01. The number of hydrogen-bond donors (Lipinski definition) is 0. The van der Waals surface area contributed by atoms with Crippen LogP contribution in [-0.4, -0.2) is 21.8 Å². The molecule has 0 spiro atoms. The lowest BCUT2D eigenvalue weighted by atomic mass is 9.85. The van der Waals surface area contributed by atoms with Crippen molar-refractivity contribution < 1.29 is 0 Å². The molecule has 1 aliphatic heterocycles. The lowest BCUT2D eigenvalue weighted by Crippen LogP contribution is -2.42. The van der Waals surface area contributed by atoms with Gasteiger partial charge >= 0.3 is 0 Å². The molecule has 0 radical (unpaired) electrons. The number of benzene rings is 5. The fraction of sp³-hybridized carbons (Fsp3) is 0.239. The molecule has 0 fully saturated rings. The fourth-order valence-corrected chi connectivity index (χ4v) is 8.61. The third-order valence-corrected chi connectivity index (χ3v) is 11.2. The predicted octanol–water partition coefficient (Wildman–Crippen LogP) is 13.0. The van der Waals surface area contributed by atoms with Crippen molar-refractivity contribution in [2.24, 2.45) is 0 Å². The molecular formula is C46H46N4S. The second-order valence-electron chi connectivity index (χ2n) is 15.3. The first-order valence-electron chi connectivity index (χ1n) is 18.1. The van der Waals surface area contributed by atoms with Crippen LogP contribution < -0.4 is 9.80 Å². The lowest BCUT2D eigenvalue weighted by molar-refractivity contribution is 0.518. The highest BCUT2D eigenvalue weighted by atomic mass is 32.2. The first kappa shape index (κ1) is 33.2. The minimum atomic E-state index is 0.0218. The third-order valence-electron chi connectivity index (χ3n) is 10.2. The molecule has 0 atom stereocenters. The summed E-state index contributed by atoms with van der Waals surface area (Å²) in [5.41, 5.74) is 11.4. The van der Waals surface area contributed by atoms with Crippen LogP contribution in [0.3, 0.4) is 0 Å². The monoisotopic (exact) mass is 686 g/mol. The van der Waals surface area contributed by atoms with Gasteiger partial charge in [-0.1, -0.05) is 100 Å². The highest BCUT2D eigenvalue weighted by molar-refractivity contribution is 7.99. The van der Waals surface area contributed by atoms with Gasteiger partial charge in [0, 0.05) is 38.0 Å². The van der Waals surface area contributed by atoms with E-state index >= 15 is 0 Å². The molecule has 2 aromatic heterocycles. The molecule has 4 nitrogen and oxygen atoms in total. The molecule has 51 heavy (non-hydrogen) atoms. The minimum absolute atomic E-state index is 0.0218. The molecule has 0 N–H and O–H groups in total. The molecule has 0 amide bonds. The van der Waals surface area contributed by atoms with Gasteiger partial charge in [0.15, 0.2) is 0 Å². The summed E-state index contributed by atoms with van der Waals surface area (Å²) in [4.78, 5) is 12.4. The van der Waals surface area contributed by atoms with E-state index in [1.54, 1.807) is 0 Å². The quantitative estimate of drug-likeness (QED) is 0.167. The number of hydrogen-bond acceptors (Lipinski definition) is 4. The van der Waals surface area contributed by atoms with Gasteiger partial charge in [0.2, 0.25) is 0 Å². The van der Waals surface area contributed by atoms with Crippen LogP contribution >= 0.6 is 11.8 Å². The normalized spacial score (nSPS) is 13.3. The van der Waals surface area contributed by atoms with Crippen LogP contribution in [0, 0.1) is 0 Å². The summed E-state index contributed by atoms with van der Waals surface area (Å²) in [6.45, 7) is 16.8. The molecule has 1 aliphatic rings. The topological polar surface area (TPSA) is 24.3 Å². The zero-order valence-corrected chi connectivity index (χ0v) is 31.5. The average Bonchev–Trinajstić information content (AvgIpc) is 3.68. The molecule has 5 aromatic carbocycles. The molecule has 0 unspecified atom stereocenters. The summed E-state index contributed by atoms with van der Waals surface area (Å²) in [6, 6.07) is 44.6. The highest BCUT2D eigenvalue weighted by Gasteiger charge is 2.33. The maximum atomic E-state index is 5.01. The summed E-state index contributed by atoms with van der Waals surface area (Å²) in [7, 11) is 0. The second kappa shape index (κ2) is 13.0. The van der Waals surface area contributed by atoms with Crippen molar-refractivity contribution in [1.29, 1.82) is 0 Å². The number of anilines is 3. The van der Waals surface area contributed by atoms with Crippen molar-refractivity contribution in [2.45, 2.75) is 75.6 Å². The molecule has 7 aromatic rings. The zero-order valence-electron chi connectivity index (χ0n) is 30.7. The van der Waals surface area contributed by atoms with Gasteiger partial charge in [-0.25, -0.2) is 4.98 Å². The minimum Gasteiger partial charge on any atom is -0.347 e. The van der Waals surface area contributed by atoms with Crippen LogP contribution in [0.15, 0.2) is 137 Å². The Hall–Kier alpha value is -5.00. The predicted molar refractivity (Wildman–Crippen MR) is 218 cm³/mol. The summed E-state index contributed by atoms with van der Waals surface area (Å²) >= 11 is 1.81. The molecular weight excluding hydrogens is 641 g/mol. The molecule has 0 saturated carbocycles. The van der Waals surface area contributed by atoms with Gasteiger partial charge in [-0.05, 0) is 116 Å². The summed E-state index contributed by atoms with van der Waals surface area (Å²) in [5.74, 6) is 1.77. The largest absolute Gasteiger partial charge is 0.347 e. The number of aromatic nitrogens is 2. The van der Waals surface area contributed by atoms with Gasteiger partial charge in [0.05, 0.1) is 29.1 Å². The van der Waals surface area contributed by atoms with E-state index in [0.29, 0.717) is 11.8 Å². The van der Waals surface area contributed by atoms with Crippen LogP contribution in [0.1, 0.15) is 71.4 Å². The van der Waals surface area contributed by atoms with Gasteiger partial charge < -0.3 is 9.80 Å². The van der Waals surface area contributed by atoms with Gasteiger partial charge in [0.1, 0.15) is 5.82 Å². The maximum Gasteiger partial charge on any atom is 0.138 e. The summed E-state index contributed by atoms with van der Waals surface area (Å²) < 4.78 is 2.35. The van der Waals surface area contributed by atoms with Crippen LogP contribution in [0.25, 0.3) is 38.8 Å². The van der Waals surface area contributed by atoms with E-state index in [-0.39, 0.29) is 5.54 Å². The van der Waals surface area contributed by atoms with E-state index < -0.39 is 0 Å². The van der Waals surface area contributed by atoms with Crippen molar-refractivity contribution in [3.05, 3.63) is 139 Å². The number of para-hydroxylation sites is 3. The van der Waals surface area contributed by atoms with E-state index in [1.807, 2.05) is 18.0 Å². The van der Waals surface area contributed by atoms with E-state index in [4.69, 9.17) is 4.98 Å². The van der Waals surface area contributed by atoms with Crippen LogP contribution in [-0.2, 0) is 0 Å². The van der Waals surface area contributed by atoms with Crippen LogP contribution in [0.2, 0.25) is 0 Å². The van der Waals surface area contributed by atoms with E-state index in [1.165, 1.54) is 65.4 Å². The lowest BCUT2D eigenvalue weighted by Gasteiger charge is -2.34. The Morgan fingerprint density at radius 3 is 2.04 bits per heavy atom. The van der Waals surface area contributed by atoms with Gasteiger partial charge in [-0.2, -0.15) is 0 Å². The van der Waals surface area contributed by atoms with E-state index in [9.17, 15) is 0 Å². The van der Waals surface area contributed by atoms with E-state index in [2.05, 4.69) is 184 Å². The molecule has 0 bridgehead atoms. The highest BCUT2D eigenvalue weighted by Crippen LogP contribution is 2.45. The molecule has 3 heterocycles. The molecule has 5 heteroatoms. The average molecular weight is 687 g/mol. The Balaban J connectivity index is 1.20. The van der Waals surface area contributed by atoms with Crippen molar-refractivity contribution in [2.75, 3.05) is 16.5 Å². The number of fused-ring (bicyclic) bond motifs is 4. The molecule has 8 rings (SSSR count). The van der Waals surface area contributed by atoms with Crippen molar-refractivity contribution >= 4 is 50.6 Å². The molecule has 0 saturated heterocycles. The van der Waals surface area contributed by atoms with Crippen molar-refractivity contribution in [1.82, 2.24) is 9.55 Å². The van der Waals surface area contributed by atoms with Crippen LogP contribution in [0.4, 0.5) is 17.1 Å². The number of nitrogens with zero attached hydrogens (tertiary/aromatic N) is 4. The Kier molecular flexibility index (Phi) is 8.42. The zero-order chi connectivity index (χ0) is 35.4. The Bertz CT molecular complexity index is 2370. The number of pyridine rings is 1. The first-order valence-corrected chi connectivity index (χ1v) is 18.9.